The van der Waals surface area contributed by atoms with Gasteiger partial charge in [0.15, 0.2) is 0 Å². The molecule has 0 spiro atoms. The summed E-state index contributed by atoms with van der Waals surface area (Å²) >= 11 is 0. The molecule has 198 valence electrons. The van der Waals surface area contributed by atoms with Crippen LogP contribution < -0.4 is 10.5 Å². The number of carbonyl (C=O) groups excluding carboxylic acids is 1. The molecule has 1 heterocycles. The lowest BCUT2D eigenvalue weighted by molar-refractivity contribution is -0.137. The van der Waals surface area contributed by atoms with Crippen LogP contribution in [0, 0.1) is 25.2 Å². The summed E-state index contributed by atoms with van der Waals surface area (Å²) in [5, 5.41) is 9.51. The maximum absolute atomic E-state index is 14.0. The van der Waals surface area contributed by atoms with E-state index in [0.29, 0.717) is 5.56 Å². The molecule has 8 heteroatoms. The summed E-state index contributed by atoms with van der Waals surface area (Å²) < 4.78 is 43.1. The number of pyridine rings is 1. The molecular weight excluding hydrogens is 503 g/mol. The van der Waals surface area contributed by atoms with Gasteiger partial charge in [0.05, 0.1) is 12.1 Å². The van der Waals surface area contributed by atoms with Crippen LogP contribution in [0.15, 0.2) is 83.7 Å². The summed E-state index contributed by atoms with van der Waals surface area (Å²) in [5.41, 5.74) is 0.904. The maximum Gasteiger partial charge on any atom is 0.418 e. The van der Waals surface area contributed by atoms with Gasteiger partial charge >= 0.3 is 6.18 Å². The number of nitrogens with zero attached hydrogens (tertiary/aromatic N) is 3. The molecule has 0 saturated heterocycles. The van der Waals surface area contributed by atoms with E-state index in [1.54, 1.807) is 31.2 Å². The van der Waals surface area contributed by atoms with Crippen LogP contribution in [0.2, 0.25) is 0 Å². The number of hydrogen-bond acceptors (Lipinski definition) is 3. The highest BCUT2D eigenvalue weighted by atomic mass is 19.4. The number of amides is 1. The molecule has 1 amide bonds. The lowest BCUT2D eigenvalue weighted by Crippen LogP contribution is -2.38. The fourth-order valence-electron chi connectivity index (χ4n) is 4.56. The SMILES string of the molecule is CCN(C(=O)c1cccc(-c2ccccc2)c1)c1cc(C(F)(F)F)c(C#N)c(=O)n1Cc1ccc(C)cc1C. The van der Waals surface area contributed by atoms with Crippen molar-refractivity contribution in [3.05, 3.63) is 123 Å². The van der Waals surface area contributed by atoms with Gasteiger partial charge in [-0.3, -0.25) is 19.1 Å². The van der Waals surface area contributed by atoms with Crippen molar-refractivity contribution in [2.45, 2.75) is 33.5 Å². The van der Waals surface area contributed by atoms with E-state index < -0.39 is 28.8 Å². The standard InChI is InChI=1S/C31H26F3N3O2/c1-4-36(29(38)24-12-8-11-23(16-24)22-9-6-5-7-10-22)28-17-27(31(32,33)34)26(18-35)30(39)37(28)19-25-14-13-20(2)15-21(25)3/h5-17H,4,19H2,1-3H3. The summed E-state index contributed by atoms with van der Waals surface area (Å²) in [6.45, 7) is 5.24. The average Bonchev–Trinajstić information content (AvgIpc) is 2.91. The lowest BCUT2D eigenvalue weighted by Gasteiger charge is -2.27. The number of rotatable bonds is 6. The Kier molecular flexibility index (Phi) is 7.73. The van der Waals surface area contributed by atoms with Crippen LogP contribution in [0.3, 0.4) is 0 Å². The number of nitriles is 1. The zero-order chi connectivity index (χ0) is 28.3. The van der Waals surface area contributed by atoms with Crippen molar-refractivity contribution in [1.29, 1.82) is 5.26 Å². The van der Waals surface area contributed by atoms with E-state index in [9.17, 15) is 28.0 Å². The molecule has 0 fully saturated rings. The molecule has 0 aliphatic carbocycles. The third-order valence-electron chi connectivity index (χ3n) is 6.58. The van der Waals surface area contributed by atoms with Crippen LogP contribution in [0.4, 0.5) is 19.0 Å². The fourth-order valence-corrected chi connectivity index (χ4v) is 4.56. The first-order valence-corrected chi connectivity index (χ1v) is 12.3. The van der Waals surface area contributed by atoms with Gasteiger partial charge < -0.3 is 0 Å². The highest BCUT2D eigenvalue weighted by Crippen LogP contribution is 2.34. The molecule has 0 unspecified atom stereocenters. The Morgan fingerprint density at radius 3 is 2.26 bits per heavy atom. The topological polar surface area (TPSA) is 66.1 Å². The van der Waals surface area contributed by atoms with Gasteiger partial charge in [-0.05, 0) is 61.2 Å². The maximum atomic E-state index is 14.0. The molecule has 3 aromatic carbocycles. The van der Waals surface area contributed by atoms with E-state index in [-0.39, 0.29) is 24.5 Å². The first kappa shape index (κ1) is 27.4. The largest absolute Gasteiger partial charge is 0.418 e. The quantitative estimate of drug-likeness (QED) is 0.278. The minimum atomic E-state index is -4.96. The average molecular weight is 530 g/mol. The Morgan fingerprint density at radius 1 is 0.949 bits per heavy atom. The minimum absolute atomic E-state index is 0.0100. The van der Waals surface area contributed by atoms with Crippen molar-refractivity contribution in [2.24, 2.45) is 0 Å². The molecule has 1 aromatic heterocycles. The highest BCUT2D eigenvalue weighted by Gasteiger charge is 2.37. The first-order chi connectivity index (χ1) is 18.5. The van der Waals surface area contributed by atoms with Crippen molar-refractivity contribution in [1.82, 2.24) is 4.57 Å². The van der Waals surface area contributed by atoms with Crippen LogP contribution in [-0.4, -0.2) is 17.0 Å². The number of alkyl halides is 3. The van der Waals surface area contributed by atoms with E-state index in [4.69, 9.17) is 0 Å². The van der Waals surface area contributed by atoms with Crippen molar-refractivity contribution in [2.75, 3.05) is 11.4 Å². The highest BCUT2D eigenvalue weighted by molar-refractivity contribution is 6.06. The van der Waals surface area contributed by atoms with Gasteiger partial charge in [0.2, 0.25) is 0 Å². The predicted octanol–water partition coefficient (Wildman–Crippen LogP) is 6.74. The molecule has 4 rings (SSSR count). The summed E-state index contributed by atoms with van der Waals surface area (Å²) in [6, 6.07) is 23.8. The summed E-state index contributed by atoms with van der Waals surface area (Å²) in [6.07, 6.45) is -4.96. The number of anilines is 1. The first-order valence-electron chi connectivity index (χ1n) is 12.3. The van der Waals surface area contributed by atoms with Crippen molar-refractivity contribution in [3.63, 3.8) is 0 Å². The third-order valence-corrected chi connectivity index (χ3v) is 6.58. The molecule has 0 aliphatic rings. The van der Waals surface area contributed by atoms with E-state index >= 15 is 0 Å². The van der Waals surface area contributed by atoms with Gasteiger partial charge in [0.25, 0.3) is 11.5 Å². The van der Waals surface area contributed by atoms with E-state index in [1.807, 2.05) is 62.4 Å². The van der Waals surface area contributed by atoms with Crippen LogP contribution in [0.1, 0.15) is 45.1 Å². The van der Waals surface area contributed by atoms with E-state index in [0.717, 1.165) is 37.8 Å². The number of aromatic nitrogens is 1. The number of aryl methyl sites for hydroxylation is 2. The van der Waals surface area contributed by atoms with Gasteiger partial charge in [-0.2, -0.15) is 18.4 Å². The predicted molar refractivity (Wildman–Crippen MR) is 145 cm³/mol. The number of halogens is 3. The smallest absolute Gasteiger partial charge is 0.294 e. The van der Waals surface area contributed by atoms with Crippen molar-refractivity contribution >= 4 is 11.7 Å². The Balaban J connectivity index is 1.90. The Bertz CT molecular complexity index is 1630. The molecule has 0 aliphatic heterocycles. The monoisotopic (exact) mass is 529 g/mol. The van der Waals surface area contributed by atoms with E-state index in [1.165, 1.54) is 6.07 Å². The Hall–Kier alpha value is -4.64. The van der Waals surface area contributed by atoms with Crippen LogP contribution >= 0.6 is 0 Å². The van der Waals surface area contributed by atoms with Gasteiger partial charge in [-0.15, -0.1) is 0 Å². The molecule has 0 bridgehead atoms. The molecule has 0 radical (unpaired) electrons. The van der Waals surface area contributed by atoms with Crippen LogP contribution in [0.25, 0.3) is 11.1 Å². The van der Waals surface area contributed by atoms with Gasteiger partial charge in [-0.25, -0.2) is 0 Å². The normalized spacial score (nSPS) is 11.2. The lowest BCUT2D eigenvalue weighted by atomic mass is 10.0. The zero-order valence-corrected chi connectivity index (χ0v) is 21.7. The number of hydrogen-bond donors (Lipinski definition) is 0. The molecular formula is C31H26F3N3O2. The Labute approximate surface area is 224 Å². The zero-order valence-electron chi connectivity index (χ0n) is 21.7. The second kappa shape index (κ2) is 11.0. The van der Waals surface area contributed by atoms with Crippen molar-refractivity contribution < 1.29 is 18.0 Å². The minimum Gasteiger partial charge on any atom is -0.294 e. The molecule has 39 heavy (non-hydrogen) atoms. The van der Waals surface area contributed by atoms with E-state index in [2.05, 4.69) is 0 Å². The molecule has 0 atom stereocenters. The van der Waals surface area contributed by atoms with Gasteiger partial charge in [-0.1, -0.05) is 66.2 Å². The van der Waals surface area contributed by atoms with Crippen molar-refractivity contribution in [3.8, 4) is 17.2 Å². The van der Waals surface area contributed by atoms with Gasteiger partial charge in [0.1, 0.15) is 17.5 Å². The van der Waals surface area contributed by atoms with Crippen LogP contribution in [-0.2, 0) is 12.7 Å². The molecule has 4 aromatic rings. The third kappa shape index (κ3) is 5.63. The molecule has 0 N–H and O–H groups in total. The second-order valence-electron chi connectivity index (χ2n) is 9.22. The Morgan fingerprint density at radius 2 is 1.64 bits per heavy atom. The number of benzene rings is 3. The number of carbonyl (C=O) groups is 1. The second-order valence-corrected chi connectivity index (χ2v) is 9.22. The summed E-state index contributed by atoms with van der Waals surface area (Å²) in [5.74, 6) is -0.800. The summed E-state index contributed by atoms with van der Waals surface area (Å²) in [4.78, 5) is 28.3. The molecule has 5 nitrogen and oxygen atoms in total. The van der Waals surface area contributed by atoms with Gasteiger partial charge in [0, 0.05) is 12.1 Å². The fraction of sp³-hybridized carbons (Fsp3) is 0.194. The molecule has 0 saturated carbocycles. The van der Waals surface area contributed by atoms with Crippen LogP contribution in [0.5, 0.6) is 0 Å². The summed E-state index contributed by atoms with van der Waals surface area (Å²) in [7, 11) is 0.